The zero-order valence-corrected chi connectivity index (χ0v) is 12.9. The minimum atomic E-state index is 0.595. The Kier molecular flexibility index (Phi) is 3.13. The first-order valence-corrected chi connectivity index (χ1v) is 6.77. The van der Waals surface area contributed by atoms with Crippen molar-refractivity contribution in [3.05, 3.63) is 28.5 Å². The molecule has 0 aliphatic rings. The summed E-state index contributed by atoms with van der Waals surface area (Å²) in [4.78, 5) is 8.85. The molecule has 0 bridgehead atoms. The van der Waals surface area contributed by atoms with Gasteiger partial charge in [0.15, 0.2) is 5.82 Å². The van der Waals surface area contributed by atoms with Gasteiger partial charge in [0.1, 0.15) is 21.7 Å². The maximum absolute atomic E-state index is 5.39. The Morgan fingerprint density at radius 2 is 1.80 bits per heavy atom. The van der Waals surface area contributed by atoms with E-state index < -0.39 is 0 Å². The number of fused-ring (bicyclic) bond motifs is 1. The van der Waals surface area contributed by atoms with Crippen LogP contribution >= 0.6 is 15.9 Å². The van der Waals surface area contributed by atoms with Gasteiger partial charge in [0, 0.05) is 0 Å². The number of halogens is 1. The van der Waals surface area contributed by atoms with Gasteiger partial charge in [-0.2, -0.15) is 4.98 Å². The van der Waals surface area contributed by atoms with Gasteiger partial charge in [0.25, 0.3) is 5.78 Å². The Labute approximate surface area is 123 Å². The topological polar surface area (TPSA) is 64.4 Å². The molecule has 0 radical (unpaired) electrons. The molecule has 3 aromatic rings. The van der Waals surface area contributed by atoms with E-state index in [9.17, 15) is 0 Å². The molecule has 0 amide bonds. The van der Waals surface area contributed by atoms with Crippen LogP contribution in [0.25, 0.3) is 17.2 Å². The molecule has 0 unspecified atom stereocenters. The number of H-pyrrole nitrogens is 1. The summed E-state index contributed by atoms with van der Waals surface area (Å²) in [6.07, 6.45) is 0. The molecule has 3 rings (SSSR count). The van der Waals surface area contributed by atoms with Crippen molar-refractivity contribution in [3.63, 3.8) is 0 Å². The van der Waals surface area contributed by atoms with E-state index in [1.54, 1.807) is 18.7 Å². The first-order valence-electron chi connectivity index (χ1n) is 5.97. The highest BCUT2D eigenvalue weighted by atomic mass is 79.9. The average molecular weight is 337 g/mol. The van der Waals surface area contributed by atoms with Gasteiger partial charge >= 0.3 is 0 Å². The van der Waals surface area contributed by atoms with Crippen LogP contribution in [0.3, 0.4) is 0 Å². The van der Waals surface area contributed by atoms with E-state index in [0.29, 0.717) is 23.1 Å². The maximum Gasteiger partial charge on any atom is 0.252 e. The molecule has 7 heteroatoms. The second-order valence-electron chi connectivity index (χ2n) is 4.23. The third-order valence-electron chi connectivity index (χ3n) is 3.06. The van der Waals surface area contributed by atoms with E-state index in [2.05, 4.69) is 31.0 Å². The number of ether oxygens (including phenoxy) is 2. The second kappa shape index (κ2) is 4.82. The molecule has 0 aliphatic heterocycles. The standard InChI is InChI=1S/C13H13BrN4O2/c1-7-11(14)18-13(15-7)16-12(17-18)10-8(19-2)5-4-6-9(10)20-3/h4-6H,1-3H3,(H,15,16,17). The fraction of sp³-hybridized carbons (Fsp3) is 0.231. The van der Waals surface area contributed by atoms with E-state index >= 15 is 0 Å². The molecule has 0 atom stereocenters. The number of benzene rings is 1. The number of hydrogen-bond acceptors (Lipinski definition) is 4. The molecule has 0 aliphatic carbocycles. The van der Waals surface area contributed by atoms with Gasteiger partial charge in [-0.3, -0.25) is 5.10 Å². The zero-order chi connectivity index (χ0) is 14.3. The highest BCUT2D eigenvalue weighted by Gasteiger charge is 2.18. The quantitative estimate of drug-likeness (QED) is 0.798. The molecular formula is C13H13BrN4O2. The fourth-order valence-electron chi connectivity index (χ4n) is 2.10. The molecule has 0 saturated carbocycles. The number of aromatic nitrogens is 4. The molecule has 20 heavy (non-hydrogen) atoms. The van der Waals surface area contributed by atoms with Crippen molar-refractivity contribution in [2.45, 2.75) is 6.92 Å². The smallest absolute Gasteiger partial charge is 0.252 e. The molecule has 0 fully saturated rings. The summed E-state index contributed by atoms with van der Waals surface area (Å²) in [5.41, 5.74) is 1.65. The molecule has 2 aromatic heterocycles. The highest BCUT2D eigenvalue weighted by Crippen LogP contribution is 2.36. The number of imidazole rings is 1. The number of hydrogen-bond donors (Lipinski definition) is 1. The summed E-state index contributed by atoms with van der Waals surface area (Å²) >= 11 is 3.47. The highest BCUT2D eigenvalue weighted by molar-refractivity contribution is 9.10. The lowest BCUT2D eigenvalue weighted by Crippen LogP contribution is -1.95. The number of aryl methyl sites for hydroxylation is 1. The van der Waals surface area contributed by atoms with E-state index in [1.165, 1.54) is 0 Å². The van der Waals surface area contributed by atoms with Gasteiger partial charge in [-0.15, -0.1) is 0 Å². The molecule has 0 saturated heterocycles. The van der Waals surface area contributed by atoms with Gasteiger partial charge in [-0.25, -0.2) is 9.50 Å². The number of aromatic amines is 1. The summed E-state index contributed by atoms with van der Waals surface area (Å²) in [5, 5.41) is 3.19. The number of nitrogens with zero attached hydrogens (tertiary/aromatic N) is 3. The maximum atomic E-state index is 5.39. The monoisotopic (exact) mass is 336 g/mol. The van der Waals surface area contributed by atoms with Crippen LogP contribution in [0.1, 0.15) is 5.69 Å². The number of methoxy groups -OCH3 is 2. The van der Waals surface area contributed by atoms with E-state index in [0.717, 1.165) is 15.9 Å². The molecule has 2 heterocycles. The van der Waals surface area contributed by atoms with Gasteiger partial charge in [0.05, 0.1) is 19.9 Å². The Morgan fingerprint density at radius 1 is 1.15 bits per heavy atom. The van der Waals surface area contributed by atoms with Gasteiger partial charge < -0.3 is 9.47 Å². The summed E-state index contributed by atoms with van der Waals surface area (Å²) in [6.45, 7) is 1.91. The van der Waals surface area contributed by atoms with Crippen LogP contribution in [0.5, 0.6) is 11.5 Å². The van der Waals surface area contributed by atoms with E-state index in [-0.39, 0.29) is 0 Å². The molecule has 0 spiro atoms. The van der Waals surface area contributed by atoms with Crippen molar-refractivity contribution >= 4 is 21.7 Å². The van der Waals surface area contributed by atoms with Crippen LogP contribution in [0.15, 0.2) is 22.8 Å². The summed E-state index contributed by atoms with van der Waals surface area (Å²) in [5.74, 6) is 2.61. The lowest BCUT2D eigenvalue weighted by Gasteiger charge is -2.10. The second-order valence-corrected chi connectivity index (χ2v) is 4.98. The predicted octanol–water partition coefficient (Wildman–Crippen LogP) is 2.81. The fourth-order valence-corrected chi connectivity index (χ4v) is 2.43. The predicted molar refractivity (Wildman–Crippen MR) is 78.3 cm³/mol. The zero-order valence-electron chi connectivity index (χ0n) is 11.3. The molecule has 6 nitrogen and oxygen atoms in total. The van der Waals surface area contributed by atoms with Gasteiger partial charge in [-0.05, 0) is 35.0 Å². The largest absolute Gasteiger partial charge is 0.496 e. The Morgan fingerprint density at radius 3 is 2.35 bits per heavy atom. The lowest BCUT2D eigenvalue weighted by molar-refractivity contribution is 0.397. The van der Waals surface area contributed by atoms with Crippen LogP contribution in [0.2, 0.25) is 0 Å². The Balaban J connectivity index is 2.24. The van der Waals surface area contributed by atoms with Crippen molar-refractivity contribution in [3.8, 4) is 22.9 Å². The minimum Gasteiger partial charge on any atom is -0.496 e. The molecular weight excluding hydrogens is 324 g/mol. The van der Waals surface area contributed by atoms with Crippen molar-refractivity contribution in [1.29, 1.82) is 0 Å². The molecule has 1 N–H and O–H groups in total. The number of nitrogens with one attached hydrogen (secondary N) is 1. The average Bonchev–Trinajstić information content (AvgIpc) is 2.98. The van der Waals surface area contributed by atoms with Gasteiger partial charge in [-0.1, -0.05) is 6.07 Å². The summed E-state index contributed by atoms with van der Waals surface area (Å²) in [6, 6.07) is 5.60. The van der Waals surface area contributed by atoms with Crippen LogP contribution < -0.4 is 9.47 Å². The van der Waals surface area contributed by atoms with Gasteiger partial charge in [0.2, 0.25) is 0 Å². The van der Waals surface area contributed by atoms with E-state index in [1.807, 2.05) is 25.1 Å². The molecule has 1 aromatic carbocycles. The van der Waals surface area contributed by atoms with Crippen molar-refractivity contribution in [1.82, 2.24) is 19.6 Å². The first-order chi connectivity index (χ1) is 9.65. The third kappa shape index (κ3) is 1.85. The van der Waals surface area contributed by atoms with Crippen LogP contribution in [-0.4, -0.2) is 33.8 Å². The van der Waals surface area contributed by atoms with Crippen molar-refractivity contribution < 1.29 is 9.47 Å². The normalized spacial score (nSPS) is 11.0. The SMILES string of the molecule is COc1cccc(OC)c1-c1nc2nc(C)c(Br)n2[nH]1. The molecule has 104 valence electrons. The van der Waals surface area contributed by atoms with Crippen LogP contribution in [0, 0.1) is 6.92 Å². The van der Waals surface area contributed by atoms with Crippen molar-refractivity contribution in [2.75, 3.05) is 14.2 Å². The lowest BCUT2D eigenvalue weighted by atomic mass is 10.1. The third-order valence-corrected chi connectivity index (χ3v) is 3.99. The summed E-state index contributed by atoms with van der Waals surface area (Å²) < 4.78 is 13.4. The van der Waals surface area contributed by atoms with Crippen LogP contribution in [0.4, 0.5) is 0 Å². The first kappa shape index (κ1) is 13.0. The number of rotatable bonds is 3. The van der Waals surface area contributed by atoms with Crippen LogP contribution in [-0.2, 0) is 0 Å². The summed E-state index contributed by atoms with van der Waals surface area (Å²) in [7, 11) is 3.23. The van der Waals surface area contributed by atoms with E-state index in [4.69, 9.17) is 9.47 Å². The Hall–Kier alpha value is -2.02. The van der Waals surface area contributed by atoms with Crippen molar-refractivity contribution in [2.24, 2.45) is 0 Å². The Bertz CT molecular complexity index is 756. The minimum absolute atomic E-state index is 0.595.